The summed E-state index contributed by atoms with van der Waals surface area (Å²) in [6.45, 7) is 7.59. The smallest absolute Gasteiger partial charge is 0.0195 e. The molecular weight excluding hydrogens is 160 g/mol. The molecule has 13 heavy (non-hydrogen) atoms. The van der Waals surface area contributed by atoms with E-state index in [1.54, 1.807) is 0 Å². The van der Waals surface area contributed by atoms with Gasteiger partial charge in [-0.3, -0.25) is 0 Å². The molecule has 2 saturated heterocycles. The summed E-state index contributed by atoms with van der Waals surface area (Å²) >= 11 is 0. The third-order valence-electron chi connectivity index (χ3n) is 3.38. The number of hydrogen-bond acceptors (Lipinski definition) is 2. The predicted octanol–water partition coefficient (Wildman–Crippen LogP) is 1.47. The fraction of sp³-hybridized carbons (Fsp3) is 1.00. The maximum absolute atomic E-state index is 3.58. The number of rotatable bonds is 2. The van der Waals surface area contributed by atoms with Crippen LogP contribution in [-0.4, -0.2) is 37.1 Å². The van der Waals surface area contributed by atoms with E-state index in [4.69, 9.17) is 0 Å². The number of nitrogens with zero attached hydrogens (tertiary/aromatic N) is 1. The molecule has 0 bridgehead atoms. The Labute approximate surface area is 81.7 Å². The van der Waals surface area contributed by atoms with Crippen molar-refractivity contribution in [3.05, 3.63) is 0 Å². The Kier molecular flexibility index (Phi) is 3.23. The average Bonchev–Trinajstić information content (AvgIpc) is 2.57. The molecular formula is C11H22N2. The van der Waals surface area contributed by atoms with Crippen molar-refractivity contribution >= 4 is 0 Å². The summed E-state index contributed by atoms with van der Waals surface area (Å²) in [4.78, 5) is 2.65. The van der Waals surface area contributed by atoms with Crippen molar-refractivity contribution in [3.63, 3.8) is 0 Å². The van der Waals surface area contributed by atoms with Crippen molar-refractivity contribution in [3.8, 4) is 0 Å². The third kappa shape index (κ3) is 2.68. The number of piperidine rings is 1. The molecule has 0 aliphatic carbocycles. The quantitative estimate of drug-likeness (QED) is 0.695. The maximum Gasteiger partial charge on any atom is 0.0195 e. The zero-order chi connectivity index (χ0) is 9.10. The van der Waals surface area contributed by atoms with Crippen LogP contribution in [0.4, 0.5) is 0 Å². The van der Waals surface area contributed by atoms with Crippen LogP contribution in [0.1, 0.15) is 32.6 Å². The lowest BCUT2D eigenvalue weighted by Crippen LogP contribution is -2.42. The Morgan fingerprint density at radius 2 is 2.23 bits per heavy atom. The Bertz CT molecular complexity index is 152. The standard InChI is InChI=1S/C11H22N2/c1-10-4-3-7-13(8-10)9-11-5-2-6-12-11/h10-12H,2-9H2,1H3/t10-,11+/m1/s1. The minimum Gasteiger partial charge on any atom is -0.313 e. The van der Waals surface area contributed by atoms with Crippen LogP contribution in [0.3, 0.4) is 0 Å². The van der Waals surface area contributed by atoms with Crippen molar-refractivity contribution in [2.75, 3.05) is 26.2 Å². The van der Waals surface area contributed by atoms with Crippen LogP contribution in [0.15, 0.2) is 0 Å². The lowest BCUT2D eigenvalue weighted by molar-refractivity contribution is 0.170. The average molecular weight is 182 g/mol. The molecule has 2 nitrogen and oxygen atoms in total. The molecule has 0 aromatic rings. The lowest BCUT2D eigenvalue weighted by atomic mass is 10.00. The highest BCUT2D eigenvalue weighted by atomic mass is 15.2. The molecule has 76 valence electrons. The monoisotopic (exact) mass is 182 g/mol. The van der Waals surface area contributed by atoms with Crippen LogP contribution >= 0.6 is 0 Å². The molecule has 2 atom stereocenters. The van der Waals surface area contributed by atoms with E-state index in [2.05, 4.69) is 17.1 Å². The van der Waals surface area contributed by atoms with Gasteiger partial charge in [0.05, 0.1) is 0 Å². The van der Waals surface area contributed by atoms with E-state index in [9.17, 15) is 0 Å². The summed E-state index contributed by atoms with van der Waals surface area (Å²) in [7, 11) is 0. The molecule has 2 heteroatoms. The zero-order valence-electron chi connectivity index (χ0n) is 8.76. The van der Waals surface area contributed by atoms with Crippen LogP contribution in [0.2, 0.25) is 0 Å². The first kappa shape index (κ1) is 9.47. The van der Waals surface area contributed by atoms with Gasteiger partial charge in [-0.05, 0) is 44.7 Å². The fourth-order valence-electron chi connectivity index (χ4n) is 2.68. The van der Waals surface area contributed by atoms with Crippen molar-refractivity contribution in [1.29, 1.82) is 0 Å². The van der Waals surface area contributed by atoms with Gasteiger partial charge in [-0.2, -0.15) is 0 Å². The number of likely N-dealkylation sites (tertiary alicyclic amines) is 1. The molecule has 2 fully saturated rings. The van der Waals surface area contributed by atoms with Gasteiger partial charge in [0.15, 0.2) is 0 Å². The molecule has 0 aromatic heterocycles. The zero-order valence-corrected chi connectivity index (χ0v) is 8.76. The van der Waals surface area contributed by atoms with E-state index in [1.807, 2.05) is 0 Å². The first-order valence-corrected chi connectivity index (χ1v) is 5.80. The van der Waals surface area contributed by atoms with Crippen LogP contribution in [0.25, 0.3) is 0 Å². The van der Waals surface area contributed by atoms with Gasteiger partial charge in [0.2, 0.25) is 0 Å². The molecule has 2 rings (SSSR count). The van der Waals surface area contributed by atoms with Gasteiger partial charge in [-0.25, -0.2) is 0 Å². The van der Waals surface area contributed by atoms with Gasteiger partial charge in [0.1, 0.15) is 0 Å². The van der Waals surface area contributed by atoms with Crippen molar-refractivity contribution in [1.82, 2.24) is 10.2 Å². The molecule has 0 amide bonds. The Morgan fingerprint density at radius 1 is 1.31 bits per heavy atom. The summed E-state index contributed by atoms with van der Waals surface area (Å²) in [5.41, 5.74) is 0. The predicted molar refractivity (Wildman–Crippen MR) is 55.9 cm³/mol. The second kappa shape index (κ2) is 4.43. The topological polar surface area (TPSA) is 15.3 Å². The van der Waals surface area contributed by atoms with Crippen LogP contribution in [-0.2, 0) is 0 Å². The maximum atomic E-state index is 3.58. The third-order valence-corrected chi connectivity index (χ3v) is 3.38. The largest absolute Gasteiger partial charge is 0.313 e. The van der Waals surface area contributed by atoms with Crippen molar-refractivity contribution in [2.24, 2.45) is 5.92 Å². The first-order chi connectivity index (χ1) is 6.34. The van der Waals surface area contributed by atoms with Crippen molar-refractivity contribution < 1.29 is 0 Å². The lowest BCUT2D eigenvalue weighted by Gasteiger charge is -2.32. The molecule has 0 spiro atoms. The molecule has 0 radical (unpaired) electrons. The molecule has 0 unspecified atom stereocenters. The summed E-state index contributed by atoms with van der Waals surface area (Å²) < 4.78 is 0. The molecule has 2 aliphatic heterocycles. The van der Waals surface area contributed by atoms with E-state index in [-0.39, 0.29) is 0 Å². The summed E-state index contributed by atoms with van der Waals surface area (Å²) in [5.74, 6) is 0.926. The van der Waals surface area contributed by atoms with Gasteiger partial charge in [-0.15, -0.1) is 0 Å². The molecule has 0 aromatic carbocycles. The van der Waals surface area contributed by atoms with Gasteiger partial charge in [0.25, 0.3) is 0 Å². The van der Waals surface area contributed by atoms with E-state index in [1.165, 1.54) is 51.9 Å². The van der Waals surface area contributed by atoms with Gasteiger partial charge >= 0.3 is 0 Å². The Hall–Kier alpha value is -0.0800. The highest BCUT2D eigenvalue weighted by Gasteiger charge is 2.21. The summed E-state index contributed by atoms with van der Waals surface area (Å²) in [5, 5.41) is 3.58. The van der Waals surface area contributed by atoms with E-state index in [0.29, 0.717) is 0 Å². The second-order valence-corrected chi connectivity index (χ2v) is 4.80. The van der Waals surface area contributed by atoms with Crippen LogP contribution in [0.5, 0.6) is 0 Å². The Balaban J connectivity index is 1.73. The second-order valence-electron chi connectivity index (χ2n) is 4.80. The normalized spacial score (nSPS) is 36.7. The number of hydrogen-bond donors (Lipinski definition) is 1. The van der Waals surface area contributed by atoms with E-state index < -0.39 is 0 Å². The minimum absolute atomic E-state index is 0.797. The van der Waals surface area contributed by atoms with Gasteiger partial charge in [0, 0.05) is 19.1 Å². The SMILES string of the molecule is C[C@@H]1CCCN(C[C@@H]2CCCN2)C1. The molecule has 1 N–H and O–H groups in total. The molecule has 0 saturated carbocycles. The van der Waals surface area contributed by atoms with Gasteiger partial charge < -0.3 is 10.2 Å². The highest BCUT2D eigenvalue weighted by molar-refractivity contribution is 4.80. The fourth-order valence-corrected chi connectivity index (χ4v) is 2.68. The molecule has 2 aliphatic rings. The first-order valence-electron chi connectivity index (χ1n) is 5.80. The minimum atomic E-state index is 0.797. The highest BCUT2D eigenvalue weighted by Crippen LogP contribution is 2.17. The van der Waals surface area contributed by atoms with Crippen LogP contribution < -0.4 is 5.32 Å². The van der Waals surface area contributed by atoms with Crippen LogP contribution in [0, 0.1) is 5.92 Å². The summed E-state index contributed by atoms with van der Waals surface area (Å²) in [6.07, 6.45) is 5.63. The Morgan fingerprint density at radius 3 is 2.92 bits per heavy atom. The molecule has 2 heterocycles. The summed E-state index contributed by atoms with van der Waals surface area (Å²) in [6, 6.07) is 0.797. The van der Waals surface area contributed by atoms with E-state index >= 15 is 0 Å². The van der Waals surface area contributed by atoms with Crippen molar-refractivity contribution in [2.45, 2.75) is 38.6 Å². The van der Waals surface area contributed by atoms with Gasteiger partial charge in [-0.1, -0.05) is 6.92 Å². The number of nitrogens with one attached hydrogen (secondary N) is 1. The van der Waals surface area contributed by atoms with E-state index in [0.717, 1.165) is 12.0 Å².